The van der Waals surface area contributed by atoms with Gasteiger partial charge in [0.15, 0.2) is 11.8 Å². The van der Waals surface area contributed by atoms with Crippen molar-refractivity contribution in [2.75, 3.05) is 0 Å². The standard InChI is InChI=1S/C11H8F3NO3/c12-11(13,14)7-3-1-2-6(4-7)9-5-8(10(16)17)15-18-9/h1-4,9H,5H2,(H,16,17). The number of nitrogens with zero attached hydrogens (tertiary/aromatic N) is 1. The molecule has 2 rings (SSSR count). The van der Waals surface area contributed by atoms with Crippen LogP contribution in [0.2, 0.25) is 0 Å². The van der Waals surface area contributed by atoms with E-state index in [-0.39, 0.29) is 17.7 Å². The molecule has 0 spiro atoms. The molecule has 0 saturated heterocycles. The van der Waals surface area contributed by atoms with E-state index in [9.17, 15) is 18.0 Å². The number of carboxylic acids is 1. The first kappa shape index (κ1) is 12.4. The van der Waals surface area contributed by atoms with E-state index in [4.69, 9.17) is 9.94 Å². The van der Waals surface area contributed by atoms with Crippen LogP contribution in [0, 0.1) is 0 Å². The van der Waals surface area contributed by atoms with Crippen molar-refractivity contribution in [2.24, 2.45) is 5.16 Å². The van der Waals surface area contributed by atoms with Crippen LogP contribution in [-0.4, -0.2) is 16.8 Å². The van der Waals surface area contributed by atoms with Gasteiger partial charge in [0.1, 0.15) is 0 Å². The van der Waals surface area contributed by atoms with Crippen LogP contribution in [0.5, 0.6) is 0 Å². The zero-order valence-electron chi connectivity index (χ0n) is 8.94. The first-order valence-electron chi connectivity index (χ1n) is 5.01. The van der Waals surface area contributed by atoms with Crippen LogP contribution in [0.15, 0.2) is 29.4 Å². The monoisotopic (exact) mass is 259 g/mol. The number of rotatable bonds is 2. The molecule has 0 fully saturated rings. The molecule has 18 heavy (non-hydrogen) atoms. The average Bonchev–Trinajstić information content (AvgIpc) is 2.77. The second-order valence-corrected chi connectivity index (χ2v) is 3.76. The summed E-state index contributed by atoms with van der Waals surface area (Å²) in [5.74, 6) is -1.23. The Hall–Kier alpha value is -2.05. The van der Waals surface area contributed by atoms with Crippen molar-refractivity contribution < 1.29 is 27.9 Å². The lowest BCUT2D eigenvalue weighted by atomic mass is 10.0. The van der Waals surface area contributed by atoms with Gasteiger partial charge in [0, 0.05) is 6.42 Å². The number of benzene rings is 1. The van der Waals surface area contributed by atoms with Gasteiger partial charge in [-0.1, -0.05) is 17.3 Å². The maximum absolute atomic E-state index is 12.5. The van der Waals surface area contributed by atoms with Gasteiger partial charge in [-0.3, -0.25) is 0 Å². The zero-order valence-corrected chi connectivity index (χ0v) is 8.94. The summed E-state index contributed by atoms with van der Waals surface area (Å²) in [5, 5.41) is 12.0. The minimum atomic E-state index is -4.44. The highest BCUT2D eigenvalue weighted by Gasteiger charge is 2.33. The molecule has 1 atom stereocenters. The van der Waals surface area contributed by atoms with Gasteiger partial charge in [0.25, 0.3) is 0 Å². The summed E-state index contributed by atoms with van der Waals surface area (Å²) in [5.41, 5.74) is -0.741. The number of aliphatic carboxylic acids is 1. The molecule has 96 valence electrons. The van der Waals surface area contributed by atoms with Crippen LogP contribution in [0.25, 0.3) is 0 Å². The highest BCUT2D eigenvalue weighted by atomic mass is 19.4. The predicted molar refractivity (Wildman–Crippen MR) is 55.0 cm³/mol. The van der Waals surface area contributed by atoms with E-state index < -0.39 is 23.8 Å². The molecule has 1 aromatic carbocycles. The van der Waals surface area contributed by atoms with Crippen molar-refractivity contribution in [2.45, 2.75) is 18.7 Å². The third-order valence-electron chi connectivity index (χ3n) is 2.50. The van der Waals surface area contributed by atoms with Crippen LogP contribution in [0.4, 0.5) is 13.2 Å². The molecule has 4 nitrogen and oxygen atoms in total. The fraction of sp³-hybridized carbons (Fsp3) is 0.273. The van der Waals surface area contributed by atoms with E-state index >= 15 is 0 Å². The van der Waals surface area contributed by atoms with Crippen molar-refractivity contribution in [3.63, 3.8) is 0 Å². The van der Waals surface area contributed by atoms with Gasteiger partial charge in [-0.05, 0) is 17.7 Å². The number of carbonyl (C=O) groups is 1. The molecule has 1 aromatic rings. The zero-order chi connectivity index (χ0) is 13.3. The van der Waals surface area contributed by atoms with Gasteiger partial charge in [-0.25, -0.2) is 4.79 Å². The summed E-state index contributed by atoms with van der Waals surface area (Å²) in [6.07, 6.45) is -5.26. The lowest BCUT2D eigenvalue weighted by Gasteiger charge is -2.11. The fourth-order valence-electron chi connectivity index (χ4n) is 1.60. The quantitative estimate of drug-likeness (QED) is 0.888. The third-order valence-corrected chi connectivity index (χ3v) is 2.50. The molecule has 0 aliphatic carbocycles. The van der Waals surface area contributed by atoms with Gasteiger partial charge in [0.2, 0.25) is 0 Å². The summed E-state index contributed by atoms with van der Waals surface area (Å²) in [7, 11) is 0. The topological polar surface area (TPSA) is 58.9 Å². The Morgan fingerprint density at radius 1 is 1.44 bits per heavy atom. The molecular formula is C11H8F3NO3. The molecule has 0 amide bonds. The number of halogens is 3. The summed E-state index contributed by atoms with van der Waals surface area (Å²) in [6, 6.07) is 4.57. The smallest absolute Gasteiger partial charge is 0.416 e. The van der Waals surface area contributed by atoms with Crippen molar-refractivity contribution in [3.05, 3.63) is 35.4 Å². The van der Waals surface area contributed by atoms with Crippen molar-refractivity contribution in [1.82, 2.24) is 0 Å². The second kappa shape index (κ2) is 4.32. The van der Waals surface area contributed by atoms with E-state index in [0.29, 0.717) is 0 Å². The van der Waals surface area contributed by atoms with E-state index in [1.807, 2.05) is 0 Å². The molecule has 1 N–H and O–H groups in total. The van der Waals surface area contributed by atoms with Gasteiger partial charge in [-0.15, -0.1) is 0 Å². The molecule has 1 aliphatic heterocycles. The van der Waals surface area contributed by atoms with Crippen LogP contribution in [0.3, 0.4) is 0 Å². The molecule has 1 unspecified atom stereocenters. The molecule has 0 saturated carbocycles. The lowest BCUT2D eigenvalue weighted by molar-refractivity contribution is -0.137. The fourth-order valence-corrected chi connectivity index (χ4v) is 1.60. The minimum Gasteiger partial charge on any atom is -0.477 e. The molecular weight excluding hydrogens is 251 g/mol. The maximum atomic E-state index is 12.5. The first-order chi connectivity index (χ1) is 8.38. The highest BCUT2D eigenvalue weighted by Crippen LogP contribution is 2.33. The summed E-state index contributed by atoms with van der Waals surface area (Å²) in [6.45, 7) is 0. The molecule has 1 aliphatic rings. The largest absolute Gasteiger partial charge is 0.477 e. The Balaban J connectivity index is 2.19. The first-order valence-corrected chi connectivity index (χ1v) is 5.01. The molecule has 7 heteroatoms. The summed E-state index contributed by atoms with van der Waals surface area (Å²) in [4.78, 5) is 15.4. The average molecular weight is 259 g/mol. The second-order valence-electron chi connectivity index (χ2n) is 3.76. The van der Waals surface area contributed by atoms with E-state index in [2.05, 4.69) is 5.16 Å². The lowest BCUT2D eigenvalue weighted by Crippen LogP contribution is -2.11. The molecule has 0 aromatic heterocycles. The van der Waals surface area contributed by atoms with E-state index in [1.165, 1.54) is 12.1 Å². The Labute approximate surface area is 99.7 Å². The van der Waals surface area contributed by atoms with Crippen LogP contribution in [0.1, 0.15) is 23.7 Å². The Morgan fingerprint density at radius 2 is 2.17 bits per heavy atom. The van der Waals surface area contributed by atoms with Crippen molar-refractivity contribution in [3.8, 4) is 0 Å². The molecule has 1 heterocycles. The normalized spacial score (nSPS) is 19.3. The maximum Gasteiger partial charge on any atom is 0.416 e. The predicted octanol–water partition coefficient (Wildman–Crippen LogP) is 2.61. The van der Waals surface area contributed by atoms with Crippen LogP contribution in [-0.2, 0) is 15.8 Å². The van der Waals surface area contributed by atoms with Crippen molar-refractivity contribution in [1.29, 1.82) is 0 Å². The third kappa shape index (κ3) is 2.44. The van der Waals surface area contributed by atoms with Crippen molar-refractivity contribution >= 4 is 11.7 Å². The number of hydrogen-bond donors (Lipinski definition) is 1. The Morgan fingerprint density at radius 3 is 2.72 bits per heavy atom. The minimum absolute atomic E-state index is 0.0450. The van der Waals surface area contributed by atoms with Gasteiger partial charge in [-0.2, -0.15) is 13.2 Å². The van der Waals surface area contributed by atoms with E-state index in [0.717, 1.165) is 12.1 Å². The van der Waals surface area contributed by atoms with Gasteiger partial charge < -0.3 is 9.94 Å². The Bertz CT molecular complexity index is 511. The highest BCUT2D eigenvalue weighted by molar-refractivity contribution is 6.35. The number of alkyl halides is 3. The number of hydrogen-bond acceptors (Lipinski definition) is 3. The summed E-state index contributed by atoms with van der Waals surface area (Å²) < 4.78 is 37.5. The molecule has 0 bridgehead atoms. The van der Waals surface area contributed by atoms with Gasteiger partial charge >= 0.3 is 12.1 Å². The van der Waals surface area contributed by atoms with Crippen LogP contribution < -0.4 is 0 Å². The van der Waals surface area contributed by atoms with Gasteiger partial charge in [0.05, 0.1) is 5.56 Å². The van der Waals surface area contributed by atoms with E-state index in [1.54, 1.807) is 0 Å². The Kier molecular flexibility index (Phi) is 2.98. The van der Waals surface area contributed by atoms with Crippen LogP contribution >= 0.6 is 0 Å². The summed E-state index contributed by atoms with van der Waals surface area (Å²) >= 11 is 0. The number of carboxylic acid groups (broad SMARTS) is 1. The number of oxime groups is 1. The molecule has 0 radical (unpaired) electrons. The SMILES string of the molecule is O=C(O)C1=NOC(c2cccc(C(F)(F)F)c2)C1.